The van der Waals surface area contributed by atoms with Crippen molar-refractivity contribution in [3.63, 3.8) is 0 Å². The third-order valence-electron chi connectivity index (χ3n) is 5.61. The van der Waals surface area contributed by atoms with Crippen LogP contribution in [0.15, 0.2) is 18.2 Å². The van der Waals surface area contributed by atoms with Gasteiger partial charge in [0.15, 0.2) is 11.5 Å². The third-order valence-corrected chi connectivity index (χ3v) is 5.61. The molecule has 3 aliphatic heterocycles. The van der Waals surface area contributed by atoms with Crippen LogP contribution in [0.1, 0.15) is 31.2 Å². The van der Waals surface area contributed by atoms with Crippen LogP contribution in [0.2, 0.25) is 0 Å². The van der Waals surface area contributed by atoms with Gasteiger partial charge in [0.05, 0.1) is 12.5 Å². The average molecular weight is 410 g/mol. The van der Waals surface area contributed by atoms with E-state index in [0.29, 0.717) is 31.2 Å². The molecule has 0 saturated carbocycles. The fourth-order valence-electron chi connectivity index (χ4n) is 4.07. The van der Waals surface area contributed by atoms with Gasteiger partial charge in [0, 0.05) is 19.6 Å². The van der Waals surface area contributed by atoms with Crippen molar-refractivity contribution in [2.45, 2.75) is 38.1 Å². The van der Waals surface area contributed by atoms with E-state index < -0.39 is 0 Å². The average Bonchev–Trinajstić information content (AvgIpc) is 3.37. The Labute approximate surface area is 171 Å². The summed E-state index contributed by atoms with van der Waals surface area (Å²) in [5.74, 6) is 1.99. The van der Waals surface area contributed by atoms with Crippen LogP contribution in [0.3, 0.4) is 0 Å². The summed E-state index contributed by atoms with van der Waals surface area (Å²) in [6, 6.07) is 5.62. The summed E-state index contributed by atoms with van der Waals surface area (Å²) in [6.07, 6.45) is 4.36. The highest BCUT2D eigenvalue weighted by atomic mass is 35.5. The molecule has 2 atom stereocenters. The van der Waals surface area contributed by atoms with Crippen molar-refractivity contribution in [2.75, 3.05) is 33.0 Å². The van der Waals surface area contributed by atoms with E-state index in [1.165, 1.54) is 0 Å². The molecule has 2 fully saturated rings. The van der Waals surface area contributed by atoms with Gasteiger partial charge in [-0.05, 0) is 55.8 Å². The van der Waals surface area contributed by atoms with Gasteiger partial charge in [0.25, 0.3) is 0 Å². The van der Waals surface area contributed by atoms with Gasteiger partial charge in [-0.15, -0.1) is 12.4 Å². The smallest absolute Gasteiger partial charge is 0.237 e. The molecule has 7 nitrogen and oxygen atoms in total. The Hall–Kier alpha value is -1.99. The molecule has 2 N–H and O–H groups in total. The van der Waals surface area contributed by atoms with Gasteiger partial charge in [0.1, 0.15) is 0 Å². The molecule has 0 bridgehead atoms. The normalized spacial score (nSPS) is 23.2. The molecule has 2 amide bonds. The number of carbonyl (C=O) groups is 2. The maximum atomic E-state index is 12.7. The lowest BCUT2D eigenvalue weighted by atomic mass is 9.97. The highest BCUT2D eigenvalue weighted by molar-refractivity contribution is 5.85. The highest BCUT2D eigenvalue weighted by Gasteiger charge is 2.26. The minimum atomic E-state index is -0.0441. The number of ether oxygens (including phenoxy) is 2. The number of amides is 2. The Kier molecular flexibility index (Phi) is 7.02. The van der Waals surface area contributed by atoms with E-state index >= 15 is 0 Å². The second-order valence-electron chi connectivity index (χ2n) is 7.61. The largest absolute Gasteiger partial charge is 0.454 e. The number of rotatable bonds is 5. The molecule has 1 aromatic rings. The number of carbonyl (C=O) groups excluding carboxylic acids is 2. The predicted molar refractivity (Wildman–Crippen MR) is 107 cm³/mol. The maximum Gasteiger partial charge on any atom is 0.237 e. The first-order chi connectivity index (χ1) is 13.2. The molecule has 2 unspecified atom stereocenters. The van der Waals surface area contributed by atoms with Crippen LogP contribution in [-0.2, 0) is 16.0 Å². The second kappa shape index (κ2) is 9.47. The summed E-state index contributed by atoms with van der Waals surface area (Å²) in [7, 11) is 0. The van der Waals surface area contributed by atoms with Crippen molar-refractivity contribution in [3.8, 4) is 11.5 Å². The minimum Gasteiger partial charge on any atom is -0.454 e. The van der Waals surface area contributed by atoms with Crippen molar-refractivity contribution in [2.24, 2.45) is 5.92 Å². The lowest BCUT2D eigenvalue weighted by Gasteiger charge is -2.33. The van der Waals surface area contributed by atoms with Crippen LogP contribution < -0.4 is 20.1 Å². The van der Waals surface area contributed by atoms with Crippen LogP contribution >= 0.6 is 12.4 Å². The zero-order chi connectivity index (χ0) is 18.6. The van der Waals surface area contributed by atoms with Crippen LogP contribution in [0.25, 0.3) is 0 Å². The van der Waals surface area contributed by atoms with Crippen LogP contribution in [0.4, 0.5) is 0 Å². The van der Waals surface area contributed by atoms with Crippen molar-refractivity contribution in [3.05, 3.63) is 23.8 Å². The Morgan fingerprint density at radius 3 is 2.86 bits per heavy atom. The number of halogens is 1. The fourth-order valence-corrected chi connectivity index (χ4v) is 4.07. The minimum absolute atomic E-state index is 0. The molecule has 0 aliphatic carbocycles. The van der Waals surface area contributed by atoms with E-state index in [2.05, 4.69) is 10.6 Å². The number of benzene rings is 1. The van der Waals surface area contributed by atoms with Gasteiger partial charge in [-0.25, -0.2) is 0 Å². The molecule has 0 radical (unpaired) electrons. The van der Waals surface area contributed by atoms with Gasteiger partial charge >= 0.3 is 0 Å². The van der Waals surface area contributed by atoms with E-state index in [9.17, 15) is 9.59 Å². The van der Waals surface area contributed by atoms with E-state index in [0.717, 1.165) is 50.1 Å². The van der Waals surface area contributed by atoms with Crippen molar-refractivity contribution in [1.82, 2.24) is 15.5 Å². The summed E-state index contributed by atoms with van der Waals surface area (Å²) >= 11 is 0. The Bertz CT molecular complexity index is 709. The summed E-state index contributed by atoms with van der Waals surface area (Å²) in [5, 5.41) is 6.28. The number of likely N-dealkylation sites (tertiary alicyclic amines) is 1. The molecule has 8 heteroatoms. The van der Waals surface area contributed by atoms with Crippen LogP contribution in [-0.4, -0.2) is 55.7 Å². The predicted octanol–water partition coefficient (Wildman–Crippen LogP) is 1.49. The fraction of sp³-hybridized carbons (Fsp3) is 0.600. The van der Waals surface area contributed by atoms with Crippen molar-refractivity contribution >= 4 is 24.2 Å². The number of nitrogens with zero attached hydrogens (tertiary/aromatic N) is 1. The topological polar surface area (TPSA) is 79.9 Å². The zero-order valence-corrected chi connectivity index (χ0v) is 16.8. The molecule has 3 heterocycles. The van der Waals surface area contributed by atoms with E-state index in [1.807, 2.05) is 23.1 Å². The first-order valence-corrected chi connectivity index (χ1v) is 9.86. The summed E-state index contributed by atoms with van der Waals surface area (Å²) < 4.78 is 10.7. The zero-order valence-electron chi connectivity index (χ0n) is 15.9. The molecule has 3 aliphatic rings. The quantitative estimate of drug-likeness (QED) is 0.770. The van der Waals surface area contributed by atoms with Gasteiger partial charge < -0.3 is 25.0 Å². The first-order valence-electron chi connectivity index (χ1n) is 9.86. The van der Waals surface area contributed by atoms with E-state index in [-0.39, 0.29) is 37.1 Å². The molecule has 1 aromatic carbocycles. The first kappa shape index (κ1) is 20.7. The molecule has 0 aromatic heterocycles. The van der Waals surface area contributed by atoms with E-state index in [1.54, 1.807) is 0 Å². The van der Waals surface area contributed by atoms with Gasteiger partial charge in [-0.1, -0.05) is 6.07 Å². The van der Waals surface area contributed by atoms with E-state index in [4.69, 9.17) is 9.47 Å². The van der Waals surface area contributed by atoms with Gasteiger partial charge in [-0.2, -0.15) is 0 Å². The van der Waals surface area contributed by atoms with Crippen LogP contribution in [0.5, 0.6) is 11.5 Å². The second-order valence-corrected chi connectivity index (χ2v) is 7.61. The molecule has 2 saturated heterocycles. The lowest BCUT2D eigenvalue weighted by Crippen LogP contribution is -2.47. The molecule has 28 heavy (non-hydrogen) atoms. The molecule has 4 rings (SSSR count). The molecular weight excluding hydrogens is 382 g/mol. The Morgan fingerprint density at radius 2 is 2.04 bits per heavy atom. The highest BCUT2D eigenvalue weighted by Crippen LogP contribution is 2.32. The summed E-state index contributed by atoms with van der Waals surface area (Å²) in [6.45, 7) is 3.30. The molecule has 0 spiro atoms. The van der Waals surface area contributed by atoms with Gasteiger partial charge in [0.2, 0.25) is 18.6 Å². The van der Waals surface area contributed by atoms with Crippen molar-refractivity contribution in [1.29, 1.82) is 0 Å². The lowest BCUT2D eigenvalue weighted by molar-refractivity contribution is -0.132. The SMILES string of the molecule is Cl.O=C(NCC1CCCN(C(=O)Cc2ccc3c(c2)OCO3)C1)C1CCCN1. The van der Waals surface area contributed by atoms with Crippen molar-refractivity contribution < 1.29 is 19.1 Å². The summed E-state index contributed by atoms with van der Waals surface area (Å²) in [4.78, 5) is 26.8. The van der Waals surface area contributed by atoms with Gasteiger partial charge in [-0.3, -0.25) is 9.59 Å². The number of piperidine rings is 1. The number of hydrogen-bond donors (Lipinski definition) is 2. The molecular formula is C20H28ClN3O4. The summed E-state index contributed by atoms with van der Waals surface area (Å²) in [5.41, 5.74) is 0.937. The Morgan fingerprint density at radius 1 is 1.18 bits per heavy atom. The molecule has 154 valence electrons. The maximum absolute atomic E-state index is 12.7. The number of nitrogens with one attached hydrogen (secondary N) is 2. The monoisotopic (exact) mass is 409 g/mol. The third kappa shape index (κ3) is 4.89. The van der Waals surface area contributed by atoms with Crippen LogP contribution in [0, 0.1) is 5.92 Å². The number of fused-ring (bicyclic) bond motifs is 1. The number of hydrogen-bond acceptors (Lipinski definition) is 5. The standard InChI is InChI=1S/C20H27N3O4.ClH/c24-19(10-14-5-6-17-18(9-14)27-13-26-17)23-8-2-3-15(12-23)11-22-20(25)16-4-1-7-21-16;/h5-6,9,15-16,21H,1-4,7-8,10-13H2,(H,22,25);1H. The Balaban J connectivity index is 0.00000225.